The van der Waals surface area contributed by atoms with Crippen molar-refractivity contribution in [1.82, 2.24) is 4.90 Å². The van der Waals surface area contributed by atoms with Gasteiger partial charge in [0.1, 0.15) is 5.76 Å². The van der Waals surface area contributed by atoms with Crippen molar-refractivity contribution in [2.24, 2.45) is 5.92 Å². The summed E-state index contributed by atoms with van der Waals surface area (Å²) < 4.78 is 17.0. The van der Waals surface area contributed by atoms with Gasteiger partial charge in [0.25, 0.3) is 0 Å². The van der Waals surface area contributed by atoms with Gasteiger partial charge in [-0.2, -0.15) is 0 Å². The van der Waals surface area contributed by atoms with E-state index in [2.05, 4.69) is 12.2 Å². The number of nitrogens with zero attached hydrogens (tertiary/aromatic N) is 1. The topological polar surface area (TPSA) is 62.6 Å². The zero-order valence-electron chi connectivity index (χ0n) is 13.9. The largest absolute Gasteiger partial charge is 0.467 e. The molecule has 1 fully saturated rings. The van der Waals surface area contributed by atoms with Crippen LogP contribution in [0, 0.1) is 5.92 Å². The molecule has 2 aromatic rings. The number of carbonyl (C=O) groups is 1. The number of rotatable bonds is 3. The molecule has 6 heteroatoms. The molecule has 1 saturated heterocycles. The predicted octanol–water partition coefficient (Wildman–Crippen LogP) is 4.02. The van der Waals surface area contributed by atoms with E-state index in [0.29, 0.717) is 18.2 Å². The lowest BCUT2D eigenvalue weighted by atomic mass is 9.91. The smallest absolute Gasteiger partial charge is 0.322 e. The number of likely N-dealkylation sites (tertiary alicyclic amines) is 1. The third-order valence-electron chi connectivity index (χ3n) is 4.43. The lowest BCUT2D eigenvalue weighted by molar-refractivity contribution is 0.129. The van der Waals surface area contributed by atoms with E-state index in [9.17, 15) is 9.00 Å². The maximum atomic E-state index is 12.7. The summed E-state index contributed by atoms with van der Waals surface area (Å²) in [6, 6.07) is 10.7. The number of nitrogens with one attached hydrogen (secondary N) is 1. The third-order valence-corrected chi connectivity index (χ3v) is 5.37. The van der Waals surface area contributed by atoms with Crippen LogP contribution in [-0.4, -0.2) is 27.9 Å². The first-order valence-electron chi connectivity index (χ1n) is 8.09. The highest BCUT2D eigenvalue weighted by molar-refractivity contribution is 7.84. The van der Waals surface area contributed by atoms with E-state index in [4.69, 9.17) is 4.42 Å². The maximum Gasteiger partial charge on any atom is 0.322 e. The summed E-state index contributed by atoms with van der Waals surface area (Å²) in [6.07, 6.45) is 5.16. The summed E-state index contributed by atoms with van der Waals surface area (Å²) in [5, 5.41) is 2.93. The Morgan fingerprint density at radius 2 is 2.04 bits per heavy atom. The van der Waals surface area contributed by atoms with E-state index < -0.39 is 10.8 Å². The van der Waals surface area contributed by atoms with E-state index in [0.717, 1.165) is 23.5 Å². The number of hydrogen-bond acceptors (Lipinski definition) is 3. The van der Waals surface area contributed by atoms with E-state index in [-0.39, 0.29) is 12.1 Å². The van der Waals surface area contributed by atoms with Crippen LogP contribution in [0.15, 0.2) is 52.0 Å². The minimum atomic E-state index is -1.02. The minimum Gasteiger partial charge on any atom is -0.467 e. The van der Waals surface area contributed by atoms with Crippen molar-refractivity contribution in [3.63, 3.8) is 0 Å². The molecular formula is C18H22N2O3S. The van der Waals surface area contributed by atoms with E-state index in [1.54, 1.807) is 36.8 Å². The number of benzene rings is 1. The summed E-state index contributed by atoms with van der Waals surface area (Å²) >= 11 is 0. The first kappa shape index (κ1) is 16.8. The molecule has 0 radical (unpaired) electrons. The first-order chi connectivity index (χ1) is 11.5. The molecule has 5 nitrogen and oxygen atoms in total. The number of hydrogen-bond donors (Lipinski definition) is 1. The normalized spacial score (nSPS) is 22.2. The van der Waals surface area contributed by atoms with Crippen LogP contribution in [0.5, 0.6) is 0 Å². The molecule has 0 aliphatic carbocycles. The summed E-state index contributed by atoms with van der Waals surface area (Å²) in [6.45, 7) is 2.91. The highest BCUT2D eigenvalue weighted by Crippen LogP contribution is 2.34. The van der Waals surface area contributed by atoms with Gasteiger partial charge in [-0.1, -0.05) is 6.92 Å². The van der Waals surface area contributed by atoms with Crippen molar-refractivity contribution < 1.29 is 13.4 Å². The van der Waals surface area contributed by atoms with Gasteiger partial charge < -0.3 is 14.6 Å². The highest BCUT2D eigenvalue weighted by Gasteiger charge is 2.32. The molecule has 0 bridgehead atoms. The quantitative estimate of drug-likeness (QED) is 0.913. The molecule has 1 aliphatic rings. The average molecular weight is 346 g/mol. The Bertz CT molecular complexity index is 712. The van der Waals surface area contributed by atoms with Gasteiger partial charge in [-0.25, -0.2) is 4.79 Å². The predicted molar refractivity (Wildman–Crippen MR) is 94.3 cm³/mol. The van der Waals surface area contributed by atoms with Crippen molar-refractivity contribution in [3.8, 4) is 0 Å². The van der Waals surface area contributed by atoms with E-state index in [1.165, 1.54) is 0 Å². The Labute approximate surface area is 144 Å². The summed E-state index contributed by atoms with van der Waals surface area (Å²) in [5.41, 5.74) is 0.700. The van der Waals surface area contributed by atoms with Crippen LogP contribution >= 0.6 is 0 Å². The monoisotopic (exact) mass is 346 g/mol. The van der Waals surface area contributed by atoms with Crippen LogP contribution < -0.4 is 5.32 Å². The second-order valence-electron chi connectivity index (χ2n) is 6.26. The van der Waals surface area contributed by atoms with Crippen molar-refractivity contribution >= 4 is 22.5 Å². The van der Waals surface area contributed by atoms with Crippen LogP contribution in [0.4, 0.5) is 10.5 Å². The Morgan fingerprint density at radius 3 is 2.67 bits per heavy atom. The average Bonchev–Trinajstić information content (AvgIpc) is 3.09. The Kier molecular flexibility index (Phi) is 5.04. The number of anilines is 1. The van der Waals surface area contributed by atoms with Gasteiger partial charge in [0.15, 0.2) is 0 Å². The lowest BCUT2D eigenvalue weighted by Crippen LogP contribution is -2.42. The zero-order chi connectivity index (χ0) is 17.1. The number of furan rings is 1. The fourth-order valence-electron chi connectivity index (χ4n) is 3.06. The van der Waals surface area contributed by atoms with E-state index in [1.807, 2.05) is 17.0 Å². The summed E-state index contributed by atoms with van der Waals surface area (Å²) in [4.78, 5) is 15.3. The molecule has 2 amide bonds. The molecule has 3 atom stereocenters. The van der Waals surface area contributed by atoms with Crippen LogP contribution in [0.1, 0.15) is 31.6 Å². The van der Waals surface area contributed by atoms with Gasteiger partial charge in [0.05, 0.1) is 12.3 Å². The molecule has 1 N–H and O–H groups in total. The molecule has 3 unspecified atom stereocenters. The summed E-state index contributed by atoms with van der Waals surface area (Å²) in [7, 11) is -1.02. The zero-order valence-corrected chi connectivity index (χ0v) is 14.7. The first-order valence-corrected chi connectivity index (χ1v) is 9.65. The van der Waals surface area contributed by atoms with Gasteiger partial charge in [-0.3, -0.25) is 4.21 Å². The Balaban J connectivity index is 1.73. The van der Waals surface area contributed by atoms with Crippen LogP contribution in [0.3, 0.4) is 0 Å². The molecule has 3 rings (SSSR count). The number of carbonyl (C=O) groups excluding carboxylic acids is 1. The van der Waals surface area contributed by atoms with Gasteiger partial charge in [0, 0.05) is 34.2 Å². The van der Waals surface area contributed by atoms with Gasteiger partial charge in [0.2, 0.25) is 0 Å². The van der Waals surface area contributed by atoms with Crippen molar-refractivity contribution in [2.75, 3.05) is 18.1 Å². The number of piperidine rings is 1. The molecule has 128 valence electrons. The molecular weight excluding hydrogens is 324 g/mol. The fourth-order valence-corrected chi connectivity index (χ4v) is 3.58. The molecule has 24 heavy (non-hydrogen) atoms. The van der Waals surface area contributed by atoms with Crippen molar-refractivity contribution in [1.29, 1.82) is 0 Å². The Morgan fingerprint density at radius 1 is 1.29 bits per heavy atom. The SMILES string of the molecule is CC1CCN(C(=O)Nc2ccc(S(C)=O)cc2)C(c2ccco2)C1. The molecule has 2 heterocycles. The second-order valence-corrected chi connectivity index (χ2v) is 7.64. The van der Waals surface area contributed by atoms with Gasteiger partial charge >= 0.3 is 6.03 Å². The van der Waals surface area contributed by atoms with Gasteiger partial charge in [-0.05, 0) is 55.2 Å². The minimum absolute atomic E-state index is 0.0360. The van der Waals surface area contributed by atoms with Crippen LogP contribution in [0.2, 0.25) is 0 Å². The summed E-state index contributed by atoms with van der Waals surface area (Å²) in [5.74, 6) is 1.39. The Hall–Kier alpha value is -2.08. The number of amides is 2. The standard InChI is InChI=1S/C18H22N2O3S/c1-13-9-10-20(16(12-13)17-4-3-11-23-17)18(21)19-14-5-7-15(8-6-14)24(2)22/h3-8,11,13,16H,9-10,12H2,1-2H3,(H,19,21). The van der Waals surface area contributed by atoms with Gasteiger partial charge in [-0.15, -0.1) is 0 Å². The molecule has 0 spiro atoms. The van der Waals surface area contributed by atoms with Crippen molar-refractivity contribution in [3.05, 3.63) is 48.4 Å². The third kappa shape index (κ3) is 3.70. The molecule has 0 saturated carbocycles. The highest BCUT2D eigenvalue weighted by atomic mass is 32.2. The second kappa shape index (κ2) is 7.21. The van der Waals surface area contributed by atoms with E-state index >= 15 is 0 Å². The fraction of sp³-hybridized carbons (Fsp3) is 0.389. The molecule has 1 aromatic carbocycles. The maximum absolute atomic E-state index is 12.7. The van der Waals surface area contributed by atoms with Crippen molar-refractivity contribution in [2.45, 2.75) is 30.7 Å². The molecule has 1 aromatic heterocycles. The number of urea groups is 1. The van der Waals surface area contributed by atoms with Crippen LogP contribution in [-0.2, 0) is 10.8 Å². The molecule has 1 aliphatic heterocycles. The van der Waals surface area contributed by atoms with Crippen LogP contribution in [0.25, 0.3) is 0 Å². The lowest BCUT2D eigenvalue weighted by Gasteiger charge is -2.37.